The number of nitrogens with zero attached hydrogens (tertiary/aromatic N) is 2. The smallest absolute Gasteiger partial charge is 0.244 e. The van der Waals surface area contributed by atoms with Crippen LogP contribution in [0.4, 0.5) is 0 Å². The molecule has 1 unspecified atom stereocenters. The van der Waals surface area contributed by atoms with Gasteiger partial charge in [0.05, 0.1) is 23.8 Å². The summed E-state index contributed by atoms with van der Waals surface area (Å²) in [5.74, 6) is -0.107. The van der Waals surface area contributed by atoms with Crippen molar-refractivity contribution >= 4 is 23.6 Å². The molecule has 2 aromatic carbocycles. The quantitative estimate of drug-likeness (QED) is 0.639. The zero-order valence-corrected chi connectivity index (χ0v) is 16.7. The number of aromatic nitrogens is 2. The first-order chi connectivity index (χ1) is 13.5. The zero-order chi connectivity index (χ0) is 19.7. The molecular formula is C23H22ClN3O. The molecule has 1 aromatic heterocycles. The summed E-state index contributed by atoms with van der Waals surface area (Å²) in [4.78, 5) is 16.7. The minimum atomic E-state index is -0.107. The Balaban J connectivity index is 1.49. The third-order valence-corrected chi connectivity index (χ3v) is 5.50. The molecule has 1 atom stereocenters. The van der Waals surface area contributed by atoms with Gasteiger partial charge in [0.2, 0.25) is 5.91 Å². The number of imidazole rings is 1. The maximum Gasteiger partial charge on any atom is 0.244 e. The van der Waals surface area contributed by atoms with E-state index in [1.54, 1.807) is 18.5 Å². The van der Waals surface area contributed by atoms with Gasteiger partial charge in [0.15, 0.2) is 0 Å². The molecule has 28 heavy (non-hydrogen) atoms. The van der Waals surface area contributed by atoms with Gasteiger partial charge in [-0.1, -0.05) is 35.9 Å². The number of amides is 1. The Kier molecular flexibility index (Phi) is 5.05. The van der Waals surface area contributed by atoms with E-state index in [4.69, 9.17) is 11.6 Å². The van der Waals surface area contributed by atoms with Gasteiger partial charge in [0.1, 0.15) is 0 Å². The number of aryl methyl sites for hydroxylation is 3. The van der Waals surface area contributed by atoms with Crippen LogP contribution in [0.15, 0.2) is 55.0 Å². The molecule has 0 aliphatic heterocycles. The van der Waals surface area contributed by atoms with Crippen molar-refractivity contribution in [2.24, 2.45) is 0 Å². The Morgan fingerprint density at radius 1 is 1.29 bits per heavy atom. The van der Waals surface area contributed by atoms with E-state index in [1.165, 1.54) is 11.1 Å². The first-order valence-electron chi connectivity index (χ1n) is 9.39. The molecule has 4 nitrogen and oxygen atoms in total. The number of halogens is 1. The van der Waals surface area contributed by atoms with Crippen LogP contribution in [0, 0.1) is 13.8 Å². The van der Waals surface area contributed by atoms with E-state index >= 15 is 0 Å². The van der Waals surface area contributed by atoms with E-state index in [2.05, 4.69) is 22.4 Å². The number of hydrogen-bond donors (Lipinski definition) is 1. The van der Waals surface area contributed by atoms with Crippen molar-refractivity contribution in [3.05, 3.63) is 88.0 Å². The first-order valence-corrected chi connectivity index (χ1v) is 9.76. The third kappa shape index (κ3) is 3.73. The lowest BCUT2D eigenvalue weighted by molar-refractivity contribution is -0.117. The standard InChI is InChI=1S/C23H22ClN3O/c1-15-11-18(20(24)12-22(15)27-13-16(2)25-14-27)8-10-23(28)26-21-9-7-17-5-3-4-6-19(17)21/h3-6,8,10-14,21H,7,9H2,1-2H3,(H,26,28)/b10-8+. The second kappa shape index (κ2) is 7.64. The minimum absolute atomic E-state index is 0.0809. The molecule has 0 fully saturated rings. The molecule has 0 bridgehead atoms. The monoisotopic (exact) mass is 391 g/mol. The molecule has 1 amide bonds. The molecule has 5 heteroatoms. The number of carbonyl (C=O) groups is 1. The van der Waals surface area contributed by atoms with Gasteiger partial charge in [-0.25, -0.2) is 4.98 Å². The highest BCUT2D eigenvalue weighted by Gasteiger charge is 2.22. The molecular weight excluding hydrogens is 370 g/mol. The molecule has 1 N–H and O–H groups in total. The number of nitrogens with one attached hydrogen (secondary N) is 1. The minimum Gasteiger partial charge on any atom is -0.346 e. The maximum atomic E-state index is 12.4. The fourth-order valence-corrected chi connectivity index (χ4v) is 3.97. The lowest BCUT2D eigenvalue weighted by atomic mass is 10.1. The van der Waals surface area contributed by atoms with Gasteiger partial charge < -0.3 is 9.88 Å². The van der Waals surface area contributed by atoms with E-state index in [1.807, 2.05) is 48.9 Å². The fraction of sp³-hybridized carbons (Fsp3) is 0.217. The summed E-state index contributed by atoms with van der Waals surface area (Å²) in [6.07, 6.45) is 9.01. The lowest BCUT2D eigenvalue weighted by Crippen LogP contribution is -2.25. The second-order valence-electron chi connectivity index (χ2n) is 7.21. The molecule has 0 spiro atoms. The van der Waals surface area contributed by atoms with Crippen LogP contribution in [-0.4, -0.2) is 15.5 Å². The van der Waals surface area contributed by atoms with E-state index in [-0.39, 0.29) is 11.9 Å². The number of rotatable bonds is 4. The van der Waals surface area contributed by atoms with Crippen LogP contribution >= 0.6 is 11.6 Å². The average Bonchev–Trinajstić information content (AvgIpc) is 3.29. The average molecular weight is 392 g/mol. The Hall–Kier alpha value is -2.85. The molecule has 3 aromatic rings. The summed E-state index contributed by atoms with van der Waals surface area (Å²) < 4.78 is 1.95. The topological polar surface area (TPSA) is 46.9 Å². The first kappa shape index (κ1) is 18.5. The molecule has 142 valence electrons. The molecule has 0 saturated heterocycles. The van der Waals surface area contributed by atoms with E-state index in [0.29, 0.717) is 5.02 Å². The zero-order valence-electron chi connectivity index (χ0n) is 15.9. The number of hydrogen-bond acceptors (Lipinski definition) is 2. The lowest BCUT2D eigenvalue weighted by Gasteiger charge is -2.12. The van der Waals surface area contributed by atoms with Crippen LogP contribution in [0.2, 0.25) is 5.02 Å². The summed E-state index contributed by atoms with van der Waals surface area (Å²) in [5, 5.41) is 3.70. The predicted octanol–water partition coefficient (Wildman–Crippen LogP) is 4.96. The molecule has 1 aliphatic carbocycles. The van der Waals surface area contributed by atoms with Crippen LogP contribution < -0.4 is 5.32 Å². The van der Waals surface area contributed by atoms with Gasteiger partial charge in [-0.3, -0.25) is 4.79 Å². The normalized spacial score (nSPS) is 15.8. The van der Waals surface area contributed by atoms with Crippen LogP contribution in [0.25, 0.3) is 11.8 Å². The highest BCUT2D eigenvalue weighted by atomic mass is 35.5. The number of carbonyl (C=O) groups excluding carboxylic acids is 1. The van der Waals surface area contributed by atoms with E-state index in [0.717, 1.165) is 35.3 Å². The molecule has 0 saturated carbocycles. The SMILES string of the molecule is Cc1cn(-c2cc(Cl)c(/C=C/C(=O)NC3CCc4ccccc43)cc2C)cn1. The van der Waals surface area contributed by atoms with Crippen molar-refractivity contribution in [1.29, 1.82) is 0 Å². The van der Waals surface area contributed by atoms with Crippen molar-refractivity contribution in [2.45, 2.75) is 32.7 Å². The van der Waals surface area contributed by atoms with Crippen molar-refractivity contribution < 1.29 is 4.79 Å². The molecule has 1 heterocycles. The Morgan fingerprint density at radius 2 is 2.11 bits per heavy atom. The Morgan fingerprint density at radius 3 is 2.89 bits per heavy atom. The van der Waals surface area contributed by atoms with Gasteiger partial charge in [-0.05, 0) is 67.2 Å². The van der Waals surface area contributed by atoms with Crippen LogP contribution in [-0.2, 0) is 11.2 Å². The van der Waals surface area contributed by atoms with Gasteiger partial charge in [-0.2, -0.15) is 0 Å². The summed E-state index contributed by atoms with van der Waals surface area (Å²) in [7, 11) is 0. The summed E-state index contributed by atoms with van der Waals surface area (Å²) in [6.45, 7) is 3.97. The number of fused-ring (bicyclic) bond motifs is 1. The van der Waals surface area contributed by atoms with E-state index in [9.17, 15) is 4.79 Å². The van der Waals surface area contributed by atoms with Gasteiger partial charge in [0.25, 0.3) is 0 Å². The van der Waals surface area contributed by atoms with Crippen LogP contribution in [0.5, 0.6) is 0 Å². The van der Waals surface area contributed by atoms with Crippen LogP contribution in [0.3, 0.4) is 0 Å². The predicted molar refractivity (Wildman–Crippen MR) is 113 cm³/mol. The van der Waals surface area contributed by atoms with Crippen molar-refractivity contribution in [3.63, 3.8) is 0 Å². The number of benzene rings is 2. The third-order valence-electron chi connectivity index (χ3n) is 5.17. The Bertz CT molecular complexity index is 1070. The van der Waals surface area contributed by atoms with Gasteiger partial charge >= 0.3 is 0 Å². The van der Waals surface area contributed by atoms with E-state index < -0.39 is 0 Å². The van der Waals surface area contributed by atoms with Gasteiger partial charge in [-0.15, -0.1) is 0 Å². The van der Waals surface area contributed by atoms with Crippen molar-refractivity contribution in [2.75, 3.05) is 0 Å². The molecule has 1 aliphatic rings. The fourth-order valence-electron chi connectivity index (χ4n) is 3.74. The highest BCUT2D eigenvalue weighted by molar-refractivity contribution is 6.32. The summed E-state index contributed by atoms with van der Waals surface area (Å²) >= 11 is 6.46. The van der Waals surface area contributed by atoms with Crippen LogP contribution in [0.1, 0.15) is 40.4 Å². The maximum absolute atomic E-state index is 12.4. The van der Waals surface area contributed by atoms with Crippen molar-refractivity contribution in [1.82, 2.24) is 14.9 Å². The highest BCUT2D eigenvalue weighted by Crippen LogP contribution is 2.30. The Labute approximate surface area is 169 Å². The molecule has 4 rings (SSSR count). The summed E-state index contributed by atoms with van der Waals surface area (Å²) in [6, 6.07) is 12.3. The molecule has 0 radical (unpaired) electrons. The second-order valence-corrected chi connectivity index (χ2v) is 7.62. The summed E-state index contributed by atoms with van der Waals surface area (Å²) in [5.41, 5.74) is 6.35. The largest absolute Gasteiger partial charge is 0.346 e. The van der Waals surface area contributed by atoms with Crippen molar-refractivity contribution in [3.8, 4) is 5.69 Å². The van der Waals surface area contributed by atoms with Gasteiger partial charge in [0, 0.05) is 17.3 Å².